The number of amides is 1. The number of aromatic amines is 1. The van der Waals surface area contributed by atoms with Gasteiger partial charge in [-0.1, -0.05) is 49.7 Å². The van der Waals surface area contributed by atoms with Crippen molar-refractivity contribution in [1.29, 1.82) is 0 Å². The summed E-state index contributed by atoms with van der Waals surface area (Å²) in [5.74, 6) is 0.0550. The first-order valence-corrected chi connectivity index (χ1v) is 10.4. The summed E-state index contributed by atoms with van der Waals surface area (Å²) in [6, 6.07) is 18.4. The highest BCUT2D eigenvalue weighted by atomic mass is 32.2. The number of amidine groups is 1. The molecule has 3 aromatic rings. The molecule has 1 aliphatic heterocycles. The molecule has 1 fully saturated rings. The predicted octanol–water partition coefficient (Wildman–Crippen LogP) is 5.44. The molecule has 1 amide bonds. The van der Waals surface area contributed by atoms with E-state index >= 15 is 0 Å². The number of hydrogen-bond acceptors (Lipinski definition) is 3. The number of H-pyrrole nitrogens is 1. The van der Waals surface area contributed by atoms with Crippen LogP contribution in [0.4, 0.5) is 0 Å². The summed E-state index contributed by atoms with van der Waals surface area (Å²) in [7, 11) is 0. The van der Waals surface area contributed by atoms with Gasteiger partial charge in [0.05, 0.1) is 11.4 Å². The van der Waals surface area contributed by atoms with E-state index in [1.54, 1.807) is 0 Å². The van der Waals surface area contributed by atoms with Gasteiger partial charge in [0.2, 0.25) is 0 Å². The van der Waals surface area contributed by atoms with Crippen molar-refractivity contribution < 1.29 is 4.79 Å². The summed E-state index contributed by atoms with van der Waals surface area (Å²) in [5, 5.41) is 1.95. The standard InChI is InChI=1S/C23H23N3OS/c1-2-3-13-26-22(27)21(15-18-9-10-20-19(14-18)11-12-24-20)28-23(26)25-16-17-7-5-4-6-8-17/h4-12,14-15,24H,2-3,13,16H2,1H3/b21-15-,25-23-. The minimum absolute atomic E-state index is 0.0550. The van der Waals surface area contributed by atoms with Crippen LogP contribution in [0.1, 0.15) is 30.9 Å². The fraction of sp³-hybridized carbons (Fsp3) is 0.217. The Morgan fingerprint density at radius 1 is 1.14 bits per heavy atom. The first-order chi connectivity index (χ1) is 13.7. The molecule has 4 nitrogen and oxygen atoms in total. The van der Waals surface area contributed by atoms with Gasteiger partial charge in [0.1, 0.15) is 0 Å². The van der Waals surface area contributed by atoms with Crippen LogP contribution in [-0.2, 0) is 11.3 Å². The monoisotopic (exact) mass is 389 g/mol. The van der Waals surface area contributed by atoms with Crippen LogP contribution in [0, 0.1) is 0 Å². The van der Waals surface area contributed by atoms with E-state index in [1.807, 2.05) is 53.6 Å². The molecule has 0 spiro atoms. The lowest BCUT2D eigenvalue weighted by Gasteiger charge is -2.14. The van der Waals surface area contributed by atoms with E-state index < -0.39 is 0 Å². The van der Waals surface area contributed by atoms with Crippen LogP contribution >= 0.6 is 11.8 Å². The number of aliphatic imine (C=N–C) groups is 1. The SMILES string of the molecule is CCCCN1C(=O)/C(=C/c2ccc3[nH]ccc3c2)S/C1=N\Cc1ccccc1. The lowest BCUT2D eigenvalue weighted by molar-refractivity contribution is -0.122. The van der Waals surface area contributed by atoms with E-state index in [-0.39, 0.29) is 5.91 Å². The number of fused-ring (bicyclic) bond motifs is 1. The zero-order chi connectivity index (χ0) is 19.3. The quantitative estimate of drug-likeness (QED) is 0.571. The van der Waals surface area contributed by atoms with Crippen LogP contribution in [0.15, 0.2) is 70.7 Å². The lowest BCUT2D eigenvalue weighted by Crippen LogP contribution is -2.30. The fourth-order valence-electron chi connectivity index (χ4n) is 3.19. The van der Waals surface area contributed by atoms with Crippen molar-refractivity contribution in [2.75, 3.05) is 6.54 Å². The average Bonchev–Trinajstić information content (AvgIpc) is 3.30. The second kappa shape index (κ2) is 8.48. The van der Waals surface area contributed by atoms with E-state index in [4.69, 9.17) is 4.99 Å². The minimum atomic E-state index is 0.0550. The van der Waals surface area contributed by atoms with Gasteiger partial charge in [0.15, 0.2) is 5.17 Å². The molecule has 5 heteroatoms. The maximum absolute atomic E-state index is 13.0. The van der Waals surface area contributed by atoms with Gasteiger partial charge >= 0.3 is 0 Å². The number of carbonyl (C=O) groups is 1. The summed E-state index contributed by atoms with van der Waals surface area (Å²) in [6.45, 7) is 3.43. The molecular weight excluding hydrogens is 366 g/mol. The summed E-state index contributed by atoms with van der Waals surface area (Å²) in [4.78, 5) is 23.5. The van der Waals surface area contributed by atoms with Gasteiger partial charge in [-0.05, 0) is 59.0 Å². The molecule has 1 N–H and O–H groups in total. The third-order valence-corrected chi connectivity index (χ3v) is 5.78. The second-order valence-corrected chi connectivity index (χ2v) is 7.84. The molecule has 142 valence electrons. The Bertz CT molecular complexity index is 1040. The topological polar surface area (TPSA) is 48.5 Å². The van der Waals surface area contributed by atoms with Crippen molar-refractivity contribution in [3.63, 3.8) is 0 Å². The smallest absolute Gasteiger partial charge is 0.266 e. The molecule has 0 atom stereocenters. The van der Waals surface area contributed by atoms with Gasteiger partial charge in [-0.3, -0.25) is 14.7 Å². The number of unbranched alkanes of at least 4 members (excludes halogenated alkanes) is 1. The van der Waals surface area contributed by atoms with E-state index in [9.17, 15) is 4.79 Å². The van der Waals surface area contributed by atoms with Crippen LogP contribution in [0.3, 0.4) is 0 Å². The van der Waals surface area contributed by atoms with Crippen LogP contribution < -0.4 is 0 Å². The van der Waals surface area contributed by atoms with E-state index in [1.165, 1.54) is 11.8 Å². The van der Waals surface area contributed by atoms with Crippen molar-refractivity contribution in [1.82, 2.24) is 9.88 Å². The summed E-state index contributed by atoms with van der Waals surface area (Å²) in [5.41, 5.74) is 3.28. The molecular formula is C23H23N3OS. The maximum atomic E-state index is 13.0. The highest BCUT2D eigenvalue weighted by molar-refractivity contribution is 8.18. The first kappa shape index (κ1) is 18.6. The van der Waals surface area contributed by atoms with Gasteiger partial charge in [0, 0.05) is 18.3 Å². The zero-order valence-electron chi connectivity index (χ0n) is 15.9. The fourth-order valence-corrected chi connectivity index (χ4v) is 4.20. The highest BCUT2D eigenvalue weighted by Gasteiger charge is 2.32. The Labute approximate surface area is 169 Å². The number of aromatic nitrogens is 1. The number of rotatable bonds is 6. The maximum Gasteiger partial charge on any atom is 0.266 e. The molecule has 0 radical (unpaired) electrons. The van der Waals surface area contributed by atoms with Crippen LogP contribution in [0.2, 0.25) is 0 Å². The number of nitrogens with zero attached hydrogens (tertiary/aromatic N) is 2. The Morgan fingerprint density at radius 3 is 2.82 bits per heavy atom. The molecule has 2 heterocycles. The Morgan fingerprint density at radius 2 is 2.00 bits per heavy atom. The molecule has 0 aliphatic carbocycles. The van der Waals surface area contributed by atoms with E-state index in [0.717, 1.165) is 44.9 Å². The van der Waals surface area contributed by atoms with Crippen molar-refractivity contribution in [2.24, 2.45) is 4.99 Å². The van der Waals surface area contributed by atoms with Crippen molar-refractivity contribution in [3.8, 4) is 0 Å². The molecule has 4 rings (SSSR count). The van der Waals surface area contributed by atoms with Gasteiger partial charge in [-0.2, -0.15) is 0 Å². The normalized spacial score (nSPS) is 17.3. The Kier molecular flexibility index (Phi) is 5.63. The average molecular weight is 390 g/mol. The molecule has 0 bridgehead atoms. The first-order valence-electron chi connectivity index (χ1n) is 9.61. The van der Waals surface area contributed by atoms with Crippen LogP contribution in [0.25, 0.3) is 17.0 Å². The van der Waals surface area contributed by atoms with Gasteiger partial charge in [-0.15, -0.1) is 0 Å². The summed E-state index contributed by atoms with van der Waals surface area (Å²) in [6.07, 6.45) is 5.92. The number of carbonyl (C=O) groups excluding carboxylic acids is 1. The van der Waals surface area contributed by atoms with Crippen LogP contribution in [-0.4, -0.2) is 27.5 Å². The molecule has 28 heavy (non-hydrogen) atoms. The number of thioether (sulfide) groups is 1. The summed E-state index contributed by atoms with van der Waals surface area (Å²) < 4.78 is 0. The summed E-state index contributed by atoms with van der Waals surface area (Å²) >= 11 is 1.48. The van der Waals surface area contributed by atoms with Crippen LogP contribution in [0.5, 0.6) is 0 Å². The lowest BCUT2D eigenvalue weighted by atomic mass is 10.1. The second-order valence-electron chi connectivity index (χ2n) is 6.83. The van der Waals surface area contributed by atoms with Crippen molar-refractivity contribution in [2.45, 2.75) is 26.3 Å². The van der Waals surface area contributed by atoms with Gasteiger partial charge in [0.25, 0.3) is 5.91 Å². The van der Waals surface area contributed by atoms with Crippen molar-refractivity contribution in [3.05, 3.63) is 76.8 Å². The molecule has 2 aromatic carbocycles. The largest absolute Gasteiger partial charge is 0.361 e. The Balaban J connectivity index is 1.60. The van der Waals surface area contributed by atoms with E-state index in [2.05, 4.69) is 30.1 Å². The molecule has 0 saturated carbocycles. The zero-order valence-corrected chi connectivity index (χ0v) is 16.7. The third-order valence-electron chi connectivity index (χ3n) is 4.74. The van der Waals surface area contributed by atoms with Gasteiger partial charge in [-0.25, -0.2) is 0 Å². The molecule has 1 aromatic heterocycles. The molecule has 0 unspecified atom stereocenters. The third kappa shape index (κ3) is 4.04. The number of hydrogen-bond donors (Lipinski definition) is 1. The minimum Gasteiger partial charge on any atom is -0.361 e. The predicted molar refractivity (Wildman–Crippen MR) is 118 cm³/mol. The molecule has 1 aliphatic rings. The molecule has 1 saturated heterocycles. The van der Waals surface area contributed by atoms with Crippen molar-refractivity contribution >= 4 is 39.8 Å². The van der Waals surface area contributed by atoms with Gasteiger partial charge < -0.3 is 4.98 Å². The highest BCUT2D eigenvalue weighted by Crippen LogP contribution is 2.33. The number of nitrogens with one attached hydrogen (secondary N) is 1. The number of benzene rings is 2. The Hall–Kier alpha value is -2.79. The van der Waals surface area contributed by atoms with E-state index in [0.29, 0.717) is 13.1 Å².